The smallest absolute Gasteiger partial charge is 0.228 e. The summed E-state index contributed by atoms with van der Waals surface area (Å²) >= 11 is 0. The van der Waals surface area contributed by atoms with Crippen LogP contribution < -0.4 is 0 Å². The maximum Gasteiger partial charge on any atom is 0.228 e. The lowest BCUT2D eigenvalue weighted by Crippen LogP contribution is -2.36. The number of likely N-dealkylation sites (tertiary alicyclic amines) is 1. The predicted molar refractivity (Wildman–Crippen MR) is 78.7 cm³/mol. The molecule has 2 aromatic rings. The molecule has 5 nitrogen and oxygen atoms in total. The molecule has 0 saturated carbocycles. The van der Waals surface area contributed by atoms with Crippen LogP contribution in [0.4, 0.5) is 0 Å². The Balaban J connectivity index is 1.35. The summed E-state index contributed by atoms with van der Waals surface area (Å²) in [6.45, 7) is 3.89. The Kier molecular flexibility index (Phi) is 4.97. The third-order valence-electron chi connectivity index (χ3n) is 3.86. The van der Waals surface area contributed by atoms with Crippen LogP contribution in [0.2, 0.25) is 0 Å². The second kappa shape index (κ2) is 7.33. The molecule has 1 aliphatic rings. The summed E-state index contributed by atoms with van der Waals surface area (Å²) in [6, 6.07) is 10.6. The van der Waals surface area contributed by atoms with Crippen molar-refractivity contribution in [2.75, 3.05) is 19.7 Å². The number of rotatable bonds is 6. The summed E-state index contributed by atoms with van der Waals surface area (Å²) in [5, 5.41) is 3.59. The van der Waals surface area contributed by atoms with Crippen LogP contribution in [0.1, 0.15) is 24.3 Å². The highest BCUT2D eigenvalue weighted by atomic mass is 16.5. The van der Waals surface area contributed by atoms with E-state index in [2.05, 4.69) is 45.4 Å². The van der Waals surface area contributed by atoms with Crippen molar-refractivity contribution in [3.8, 4) is 0 Å². The lowest BCUT2D eigenvalue weighted by molar-refractivity contribution is 0.00548. The van der Waals surface area contributed by atoms with Gasteiger partial charge in [0.15, 0.2) is 6.33 Å². The van der Waals surface area contributed by atoms with E-state index in [0.29, 0.717) is 25.0 Å². The zero-order valence-corrected chi connectivity index (χ0v) is 12.1. The molecule has 0 unspecified atom stereocenters. The van der Waals surface area contributed by atoms with E-state index in [1.54, 1.807) is 0 Å². The summed E-state index contributed by atoms with van der Waals surface area (Å²) in [7, 11) is 0. The van der Waals surface area contributed by atoms with E-state index in [1.807, 2.05) is 0 Å². The van der Waals surface area contributed by atoms with Gasteiger partial charge in [-0.1, -0.05) is 35.5 Å². The molecule has 0 amide bonds. The fourth-order valence-electron chi connectivity index (χ4n) is 2.69. The molecule has 0 bridgehead atoms. The van der Waals surface area contributed by atoms with Crippen LogP contribution in [0.15, 0.2) is 41.2 Å². The summed E-state index contributed by atoms with van der Waals surface area (Å²) in [5.41, 5.74) is 1.38. The average molecular weight is 287 g/mol. The van der Waals surface area contributed by atoms with Crippen LogP contribution in [0.5, 0.6) is 0 Å². The van der Waals surface area contributed by atoms with Gasteiger partial charge < -0.3 is 9.26 Å². The summed E-state index contributed by atoms with van der Waals surface area (Å²) in [5.74, 6) is 0.650. The van der Waals surface area contributed by atoms with Gasteiger partial charge in [-0.15, -0.1) is 0 Å². The topological polar surface area (TPSA) is 51.4 Å². The first kappa shape index (κ1) is 14.2. The maximum atomic E-state index is 5.90. The molecular weight excluding hydrogens is 266 g/mol. The average Bonchev–Trinajstić information content (AvgIpc) is 3.03. The Labute approximate surface area is 124 Å². The van der Waals surface area contributed by atoms with Gasteiger partial charge >= 0.3 is 0 Å². The van der Waals surface area contributed by atoms with Crippen molar-refractivity contribution in [2.45, 2.75) is 31.9 Å². The van der Waals surface area contributed by atoms with Gasteiger partial charge in [0, 0.05) is 19.6 Å². The minimum atomic E-state index is 0.361. The Morgan fingerprint density at radius 2 is 2.00 bits per heavy atom. The largest absolute Gasteiger partial charge is 0.378 e. The second-order valence-corrected chi connectivity index (χ2v) is 5.42. The summed E-state index contributed by atoms with van der Waals surface area (Å²) in [6.07, 6.45) is 4.68. The molecule has 0 radical (unpaired) electrons. The lowest BCUT2D eigenvalue weighted by atomic mass is 10.1. The molecule has 1 aromatic heterocycles. The van der Waals surface area contributed by atoms with E-state index >= 15 is 0 Å². The first-order valence-corrected chi connectivity index (χ1v) is 7.53. The van der Waals surface area contributed by atoms with E-state index in [-0.39, 0.29) is 0 Å². The zero-order chi connectivity index (χ0) is 14.3. The van der Waals surface area contributed by atoms with Gasteiger partial charge in [0.2, 0.25) is 5.89 Å². The molecule has 3 rings (SSSR count). The van der Waals surface area contributed by atoms with E-state index in [1.165, 1.54) is 11.9 Å². The lowest BCUT2D eigenvalue weighted by Gasteiger charge is -2.31. The minimum absolute atomic E-state index is 0.361. The number of hydrogen-bond acceptors (Lipinski definition) is 5. The molecule has 1 aliphatic heterocycles. The van der Waals surface area contributed by atoms with Crippen molar-refractivity contribution in [1.29, 1.82) is 0 Å². The van der Waals surface area contributed by atoms with E-state index in [0.717, 1.165) is 32.5 Å². The molecule has 0 spiro atoms. The normalized spacial score (nSPS) is 17.1. The van der Waals surface area contributed by atoms with Crippen molar-refractivity contribution >= 4 is 0 Å². The van der Waals surface area contributed by atoms with Gasteiger partial charge in [0.25, 0.3) is 0 Å². The number of hydrogen-bond donors (Lipinski definition) is 0. The van der Waals surface area contributed by atoms with Gasteiger partial charge in [-0.3, -0.25) is 4.90 Å². The SMILES string of the molecule is c1ccc(CN2CCC(OCCc3ncno3)CC2)cc1. The molecule has 1 aromatic carbocycles. The fraction of sp³-hybridized carbons (Fsp3) is 0.500. The number of aromatic nitrogens is 2. The van der Waals surface area contributed by atoms with Gasteiger partial charge in [0.05, 0.1) is 19.1 Å². The highest BCUT2D eigenvalue weighted by Crippen LogP contribution is 2.16. The maximum absolute atomic E-state index is 5.90. The van der Waals surface area contributed by atoms with Crippen molar-refractivity contribution in [3.63, 3.8) is 0 Å². The van der Waals surface area contributed by atoms with Crippen LogP contribution in [0, 0.1) is 0 Å². The number of nitrogens with zero attached hydrogens (tertiary/aromatic N) is 3. The molecule has 0 aliphatic carbocycles. The third-order valence-corrected chi connectivity index (χ3v) is 3.86. The van der Waals surface area contributed by atoms with E-state index in [9.17, 15) is 0 Å². The molecule has 5 heteroatoms. The Morgan fingerprint density at radius 1 is 1.19 bits per heavy atom. The molecule has 0 atom stereocenters. The summed E-state index contributed by atoms with van der Waals surface area (Å²) < 4.78 is 10.9. The van der Waals surface area contributed by atoms with Gasteiger partial charge in [0.1, 0.15) is 0 Å². The Morgan fingerprint density at radius 3 is 2.71 bits per heavy atom. The molecule has 2 heterocycles. The zero-order valence-electron chi connectivity index (χ0n) is 12.1. The number of ether oxygens (including phenoxy) is 1. The first-order chi connectivity index (χ1) is 10.4. The Bertz CT molecular complexity index is 508. The minimum Gasteiger partial charge on any atom is -0.378 e. The van der Waals surface area contributed by atoms with Crippen molar-refractivity contribution in [1.82, 2.24) is 15.0 Å². The van der Waals surface area contributed by atoms with E-state index < -0.39 is 0 Å². The summed E-state index contributed by atoms with van der Waals surface area (Å²) in [4.78, 5) is 6.49. The standard InChI is InChI=1S/C16H21N3O2/c1-2-4-14(5-3-1)12-19-9-6-15(7-10-19)20-11-8-16-17-13-18-21-16/h1-5,13,15H,6-12H2. The monoisotopic (exact) mass is 287 g/mol. The molecule has 0 N–H and O–H groups in total. The highest BCUT2D eigenvalue weighted by molar-refractivity contribution is 5.14. The predicted octanol–water partition coefficient (Wildman–Crippen LogP) is 2.29. The fourth-order valence-corrected chi connectivity index (χ4v) is 2.69. The van der Waals surface area contributed by atoms with Gasteiger partial charge in [-0.25, -0.2) is 0 Å². The Hall–Kier alpha value is -1.72. The number of benzene rings is 1. The molecule has 1 saturated heterocycles. The van der Waals surface area contributed by atoms with Crippen LogP contribution in [-0.2, 0) is 17.7 Å². The van der Waals surface area contributed by atoms with Crippen molar-refractivity contribution < 1.29 is 9.26 Å². The van der Waals surface area contributed by atoms with Crippen LogP contribution >= 0.6 is 0 Å². The van der Waals surface area contributed by atoms with Crippen LogP contribution in [-0.4, -0.2) is 40.8 Å². The van der Waals surface area contributed by atoms with Crippen LogP contribution in [0.3, 0.4) is 0 Å². The second-order valence-electron chi connectivity index (χ2n) is 5.42. The molecule has 112 valence electrons. The molecular formula is C16H21N3O2. The van der Waals surface area contributed by atoms with Gasteiger partial charge in [-0.2, -0.15) is 4.98 Å². The number of piperidine rings is 1. The molecule has 21 heavy (non-hydrogen) atoms. The highest BCUT2D eigenvalue weighted by Gasteiger charge is 2.19. The van der Waals surface area contributed by atoms with Crippen molar-refractivity contribution in [2.24, 2.45) is 0 Å². The van der Waals surface area contributed by atoms with Crippen molar-refractivity contribution in [3.05, 3.63) is 48.1 Å². The first-order valence-electron chi connectivity index (χ1n) is 7.53. The third kappa shape index (κ3) is 4.37. The van der Waals surface area contributed by atoms with Gasteiger partial charge in [-0.05, 0) is 18.4 Å². The van der Waals surface area contributed by atoms with E-state index in [4.69, 9.17) is 9.26 Å². The van der Waals surface area contributed by atoms with Crippen LogP contribution in [0.25, 0.3) is 0 Å². The molecule has 1 fully saturated rings. The quantitative estimate of drug-likeness (QED) is 0.816.